The highest BCUT2D eigenvalue weighted by Gasteiger charge is 2.60. The van der Waals surface area contributed by atoms with Gasteiger partial charge in [0.15, 0.2) is 5.78 Å². The summed E-state index contributed by atoms with van der Waals surface area (Å²) in [5.41, 5.74) is 2.83. The van der Waals surface area contributed by atoms with Crippen molar-refractivity contribution in [1.82, 2.24) is 0 Å². The van der Waals surface area contributed by atoms with Crippen LogP contribution in [0.4, 0.5) is 0 Å². The van der Waals surface area contributed by atoms with Crippen molar-refractivity contribution in [3.05, 3.63) is 34.9 Å². The second-order valence-corrected chi connectivity index (χ2v) is 7.99. The Labute approximate surface area is 144 Å². The molecule has 2 heteroatoms. The van der Waals surface area contributed by atoms with Gasteiger partial charge in [-0.1, -0.05) is 31.4 Å². The lowest BCUT2D eigenvalue weighted by atomic mass is 9.56. The first-order valence-corrected chi connectivity index (χ1v) is 9.41. The Bertz CT molecular complexity index is 717. The average molecular weight is 322 g/mol. The van der Waals surface area contributed by atoms with E-state index in [4.69, 9.17) is 6.42 Å². The molecule has 4 aliphatic carbocycles. The van der Waals surface area contributed by atoms with Gasteiger partial charge < -0.3 is 5.11 Å². The molecule has 1 fully saturated rings. The number of aliphatic hydroxyl groups is 1. The largest absolute Gasteiger partial charge is 0.377 e. The molecule has 0 aromatic rings. The van der Waals surface area contributed by atoms with Crippen molar-refractivity contribution in [3.8, 4) is 12.3 Å². The van der Waals surface area contributed by atoms with Gasteiger partial charge in [-0.15, -0.1) is 6.42 Å². The number of allylic oxidation sites excluding steroid dienone is 5. The number of hydrogen-bond donors (Lipinski definition) is 1. The van der Waals surface area contributed by atoms with Gasteiger partial charge in [-0.25, -0.2) is 0 Å². The number of hydrogen-bond acceptors (Lipinski definition) is 2. The van der Waals surface area contributed by atoms with Gasteiger partial charge in [0.2, 0.25) is 0 Å². The van der Waals surface area contributed by atoms with Gasteiger partial charge in [-0.3, -0.25) is 4.79 Å². The predicted molar refractivity (Wildman–Crippen MR) is 95.1 cm³/mol. The van der Waals surface area contributed by atoms with Gasteiger partial charge in [-0.2, -0.15) is 0 Å². The van der Waals surface area contributed by atoms with E-state index in [2.05, 4.69) is 25.0 Å². The average Bonchev–Trinajstić information content (AvgIpc) is 2.88. The molecule has 0 saturated heterocycles. The number of ketones is 1. The Hall–Kier alpha value is -1.59. The highest BCUT2D eigenvalue weighted by molar-refractivity contribution is 5.93. The van der Waals surface area contributed by atoms with Gasteiger partial charge in [0.05, 0.1) is 0 Å². The molecular weight excluding hydrogens is 296 g/mol. The summed E-state index contributed by atoms with van der Waals surface area (Å²) in [6.45, 7) is 2.18. The van der Waals surface area contributed by atoms with Crippen LogP contribution in [-0.2, 0) is 4.79 Å². The molecule has 4 rings (SSSR count). The lowest BCUT2D eigenvalue weighted by Crippen LogP contribution is -2.48. The maximum absolute atomic E-state index is 11.7. The summed E-state index contributed by atoms with van der Waals surface area (Å²) >= 11 is 0. The molecule has 24 heavy (non-hydrogen) atoms. The van der Waals surface area contributed by atoms with Crippen LogP contribution in [0.1, 0.15) is 58.3 Å². The molecule has 0 unspecified atom stereocenters. The van der Waals surface area contributed by atoms with Crippen molar-refractivity contribution in [1.29, 1.82) is 0 Å². The van der Waals surface area contributed by atoms with Crippen LogP contribution in [0.2, 0.25) is 0 Å². The van der Waals surface area contributed by atoms with Crippen LogP contribution in [0.3, 0.4) is 0 Å². The van der Waals surface area contributed by atoms with Crippen molar-refractivity contribution in [3.63, 3.8) is 0 Å². The maximum Gasteiger partial charge on any atom is 0.156 e. The predicted octanol–water partition coefficient (Wildman–Crippen LogP) is 4.11. The molecule has 0 aliphatic heterocycles. The maximum atomic E-state index is 11.7. The molecule has 1 saturated carbocycles. The highest BCUT2D eigenvalue weighted by atomic mass is 16.3. The first-order chi connectivity index (χ1) is 11.5. The SMILES string of the molecule is C#C[C@]1(O)CC[C@H]2[C@@H]3CCC4=CC(=O)CCC4=C3C=C[C@@]21CCC. The Morgan fingerprint density at radius 2 is 2.17 bits per heavy atom. The van der Waals surface area contributed by atoms with E-state index < -0.39 is 5.60 Å². The molecule has 0 amide bonds. The third-order valence-electron chi connectivity index (χ3n) is 7.01. The Kier molecular flexibility index (Phi) is 3.62. The molecule has 126 valence electrons. The first-order valence-electron chi connectivity index (χ1n) is 9.41. The van der Waals surface area contributed by atoms with E-state index in [9.17, 15) is 9.90 Å². The second-order valence-electron chi connectivity index (χ2n) is 7.99. The van der Waals surface area contributed by atoms with E-state index in [1.807, 2.05) is 6.08 Å². The third kappa shape index (κ3) is 1.97. The molecule has 0 spiro atoms. The number of terminal acetylenes is 1. The van der Waals surface area contributed by atoms with E-state index >= 15 is 0 Å². The van der Waals surface area contributed by atoms with Crippen LogP contribution < -0.4 is 0 Å². The molecule has 1 N–H and O–H groups in total. The fourth-order valence-corrected chi connectivity index (χ4v) is 5.96. The smallest absolute Gasteiger partial charge is 0.156 e. The molecule has 4 aliphatic rings. The van der Waals surface area contributed by atoms with Crippen LogP contribution in [-0.4, -0.2) is 16.5 Å². The van der Waals surface area contributed by atoms with Crippen LogP contribution in [0.5, 0.6) is 0 Å². The Morgan fingerprint density at radius 3 is 2.92 bits per heavy atom. The summed E-state index contributed by atoms with van der Waals surface area (Å²) in [6.07, 6.45) is 19.5. The molecule has 0 aromatic heterocycles. The normalized spacial score (nSPS) is 40.5. The van der Waals surface area contributed by atoms with Crippen LogP contribution in [0, 0.1) is 29.6 Å². The number of carbonyl (C=O) groups is 1. The standard InChI is InChI=1S/C22H26O2/c1-3-11-21-12-9-18-17-8-6-16(23)14-15(17)5-7-19(18)20(21)10-13-22(21,24)4-2/h2,9,12,14,19-20,24H,3,5-8,10-11,13H2,1H3/t19-,20+,21+,22+/m1/s1. The summed E-state index contributed by atoms with van der Waals surface area (Å²) in [4.78, 5) is 11.7. The molecule has 0 bridgehead atoms. The van der Waals surface area contributed by atoms with Gasteiger partial charge >= 0.3 is 0 Å². The second kappa shape index (κ2) is 5.46. The summed E-state index contributed by atoms with van der Waals surface area (Å²) in [7, 11) is 0. The van der Waals surface area contributed by atoms with E-state index in [1.54, 1.807) is 0 Å². The first kappa shape index (κ1) is 15.9. The van der Waals surface area contributed by atoms with E-state index in [0.29, 0.717) is 24.7 Å². The van der Waals surface area contributed by atoms with Gasteiger partial charge in [-0.05, 0) is 73.2 Å². The zero-order valence-electron chi connectivity index (χ0n) is 14.5. The molecular formula is C22H26O2. The third-order valence-corrected chi connectivity index (χ3v) is 7.01. The monoisotopic (exact) mass is 322 g/mol. The van der Waals surface area contributed by atoms with E-state index in [-0.39, 0.29) is 11.2 Å². The molecule has 0 radical (unpaired) electrons. The van der Waals surface area contributed by atoms with E-state index in [0.717, 1.165) is 38.5 Å². The van der Waals surface area contributed by atoms with Crippen LogP contribution in [0.25, 0.3) is 0 Å². The topological polar surface area (TPSA) is 37.3 Å². The minimum absolute atomic E-state index is 0.267. The Morgan fingerprint density at radius 1 is 1.33 bits per heavy atom. The molecule has 0 aromatic carbocycles. The van der Waals surface area contributed by atoms with Crippen molar-refractivity contribution in [2.24, 2.45) is 17.3 Å². The van der Waals surface area contributed by atoms with Crippen molar-refractivity contribution < 1.29 is 9.90 Å². The minimum Gasteiger partial charge on any atom is -0.377 e. The summed E-state index contributed by atoms with van der Waals surface area (Å²) in [5.74, 6) is 3.95. The fraction of sp³-hybridized carbons (Fsp3) is 0.591. The molecule has 0 heterocycles. The van der Waals surface area contributed by atoms with E-state index in [1.165, 1.54) is 16.7 Å². The lowest BCUT2D eigenvalue weighted by molar-refractivity contribution is -0.114. The number of carbonyl (C=O) groups excluding carboxylic acids is 1. The van der Waals surface area contributed by atoms with Crippen LogP contribution in [0.15, 0.2) is 34.9 Å². The Balaban J connectivity index is 1.84. The zero-order valence-corrected chi connectivity index (χ0v) is 14.5. The summed E-state index contributed by atoms with van der Waals surface area (Å²) < 4.78 is 0. The van der Waals surface area contributed by atoms with Crippen molar-refractivity contribution in [2.75, 3.05) is 0 Å². The lowest BCUT2D eigenvalue weighted by Gasteiger charge is -2.49. The highest BCUT2D eigenvalue weighted by Crippen LogP contribution is 2.62. The molecule has 4 atom stereocenters. The fourth-order valence-electron chi connectivity index (χ4n) is 5.96. The quantitative estimate of drug-likeness (QED) is 0.777. The summed E-state index contributed by atoms with van der Waals surface area (Å²) in [6, 6.07) is 0. The minimum atomic E-state index is -1.00. The van der Waals surface area contributed by atoms with Crippen molar-refractivity contribution in [2.45, 2.75) is 63.9 Å². The van der Waals surface area contributed by atoms with Crippen molar-refractivity contribution >= 4 is 5.78 Å². The number of rotatable bonds is 2. The van der Waals surface area contributed by atoms with Gasteiger partial charge in [0, 0.05) is 11.8 Å². The molecule has 2 nitrogen and oxygen atoms in total. The zero-order chi connectivity index (χ0) is 16.9. The van der Waals surface area contributed by atoms with Crippen LogP contribution >= 0.6 is 0 Å². The summed E-state index contributed by atoms with van der Waals surface area (Å²) in [5, 5.41) is 11.2. The van der Waals surface area contributed by atoms with Gasteiger partial charge in [0.1, 0.15) is 5.60 Å². The number of fused-ring (bicyclic) bond motifs is 4. The van der Waals surface area contributed by atoms with Gasteiger partial charge in [0.25, 0.3) is 0 Å².